The Labute approximate surface area is 192 Å². The fourth-order valence-corrected chi connectivity index (χ4v) is 4.92. The van der Waals surface area contributed by atoms with Gasteiger partial charge in [0.15, 0.2) is 0 Å². The lowest BCUT2D eigenvalue weighted by Gasteiger charge is -2.08. The summed E-state index contributed by atoms with van der Waals surface area (Å²) in [5.74, 6) is 0. The van der Waals surface area contributed by atoms with E-state index in [2.05, 4.69) is 118 Å². The van der Waals surface area contributed by atoms with Gasteiger partial charge < -0.3 is 9.13 Å². The second-order valence-electron chi connectivity index (χ2n) is 8.15. The maximum atomic E-state index is 3.77. The summed E-state index contributed by atoms with van der Waals surface area (Å²) in [6, 6.07) is 32.7. The van der Waals surface area contributed by atoms with Gasteiger partial charge in [0, 0.05) is 45.5 Å². The van der Waals surface area contributed by atoms with E-state index in [9.17, 15) is 0 Å². The normalized spacial score (nSPS) is 12.2. The molecule has 0 aliphatic rings. The number of aliphatic imine (C=N–C) groups is 1. The Morgan fingerprint density at radius 3 is 2.09 bits per heavy atom. The van der Waals surface area contributed by atoms with Crippen molar-refractivity contribution in [2.45, 2.75) is 6.54 Å². The SMILES string of the molecule is C=N/C=C\C=C/Cn1c2ccccc2c2cc3c4ccccc4n(-c4ccccc4)c3cc21. The number of hydrogen-bond acceptors (Lipinski definition) is 1. The number of benzene rings is 4. The highest BCUT2D eigenvalue weighted by Gasteiger charge is 2.16. The molecule has 0 fully saturated rings. The van der Waals surface area contributed by atoms with Gasteiger partial charge in [0.05, 0.1) is 16.6 Å². The highest BCUT2D eigenvalue weighted by Crippen LogP contribution is 2.38. The zero-order chi connectivity index (χ0) is 22.2. The van der Waals surface area contributed by atoms with Crippen molar-refractivity contribution in [3.63, 3.8) is 0 Å². The molecular formula is C30H23N3. The Morgan fingerprint density at radius 1 is 0.636 bits per heavy atom. The fourth-order valence-electron chi connectivity index (χ4n) is 4.92. The van der Waals surface area contributed by atoms with E-state index in [-0.39, 0.29) is 0 Å². The van der Waals surface area contributed by atoms with Crippen LogP contribution in [0.15, 0.2) is 120 Å². The van der Waals surface area contributed by atoms with Crippen LogP contribution in [0.5, 0.6) is 0 Å². The van der Waals surface area contributed by atoms with Crippen LogP contribution in [0.2, 0.25) is 0 Å². The van der Waals surface area contributed by atoms with E-state index in [1.807, 2.05) is 12.2 Å². The minimum Gasteiger partial charge on any atom is -0.337 e. The second-order valence-corrected chi connectivity index (χ2v) is 8.15. The molecule has 0 aliphatic carbocycles. The van der Waals surface area contributed by atoms with Gasteiger partial charge >= 0.3 is 0 Å². The predicted octanol–water partition coefficient (Wildman–Crippen LogP) is 7.66. The Balaban J connectivity index is 1.69. The molecule has 0 saturated carbocycles. The molecule has 0 unspecified atom stereocenters. The van der Waals surface area contributed by atoms with Gasteiger partial charge in [0.1, 0.15) is 0 Å². The standard InChI is InChI=1S/C30H23N3/c1-31-18-10-3-11-19-32-27-16-8-6-14-23(27)25-20-26-24-15-7-9-17-28(24)33(30(26)21-29(25)32)22-12-4-2-5-13-22/h2-18,20-21H,1,19H2/b11-3-,18-10-. The number of fused-ring (bicyclic) bond motifs is 6. The third-order valence-corrected chi connectivity index (χ3v) is 6.31. The molecule has 2 heterocycles. The van der Waals surface area contributed by atoms with Gasteiger partial charge in [-0.15, -0.1) is 0 Å². The van der Waals surface area contributed by atoms with Crippen LogP contribution in [0.3, 0.4) is 0 Å². The largest absolute Gasteiger partial charge is 0.337 e. The van der Waals surface area contributed by atoms with E-state index < -0.39 is 0 Å². The maximum Gasteiger partial charge on any atom is 0.0562 e. The van der Waals surface area contributed by atoms with Gasteiger partial charge in [0.2, 0.25) is 0 Å². The van der Waals surface area contributed by atoms with Crippen LogP contribution in [-0.2, 0) is 6.54 Å². The summed E-state index contributed by atoms with van der Waals surface area (Å²) in [6.07, 6.45) is 7.79. The number of hydrogen-bond donors (Lipinski definition) is 0. The first-order valence-corrected chi connectivity index (χ1v) is 11.1. The van der Waals surface area contributed by atoms with Crippen molar-refractivity contribution in [2.75, 3.05) is 0 Å². The van der Waals surface area contributed by atoms with Gasteiger partial charge in [-0.05, 0) is 49.2 Å². The molecule has 3 heteroatoms. The van der Waals surface area contributed by atoms with Crippen LogP contribution in [-0.4, -0.2) is 15.9 Å². The quantitative estimate of drug-likeness (QED) is 0.200. The predicted molar refractivity (Wildman–Crippen MR) is 142 cm³/mol. The third-order valence-electron chi connectivity index (χ3n) is 6.31. The molecule has 2 aromatic heterocycles. The first-order chi connectivity index (χ1) is 16.4. The summed E-state index contributed by atoms with van der Waals surface area (Å²) < 4.78 is 4.77. The summed E-state index contributed by atoms with van der Waals surface area (Å²) >= 11 is 0. The molecule has 0 atom stereocenters. The Kier molecular flexibility index (Phi) is 4.66. The Bertz CT molecular complexity index is 1700. The first-order valence-electron chi connectivity index (χ1n) is 11.1. The molecule has 0 amide bonds. The molecule has 0 aliphatic heterocycles. The molecule has 0 saturated heterocycles. The topological polar surface area (TPSA) is 22.2 Å². The van der Waals surface area contributed by atoms with Crippen molar-refractivity contribution < 1.29 is 0 Å². The van der Waals surface area contributed by atoms with Crippen LogP contribution < -0.4 is 0 Å². The van der Waals surface area contributed by atoms with Crippen LogP contribution >= 0.6 is 0 Å². The van der Waals surface area contributed by atoms with Crippen molar-refractivity contribution in [2.24, 2.45) is 4.99 Å². The van der Waals surface area contributed by atoms with E-state index in [0.717, 1.165) is 6.54 Å². The lowest BCUT2D eigenvalue weighted by molar-refractivity contribution is 0.899. The monoisotopic (exact) mass is 425 g/mol. The summed E-state index contributed by atoms with van der Waals surface area (Å²) in [5, 5.41) is 5.12. The van der Waals surface area contributed by atoms with Gasteiger partial charge in [-0.25, -0.2) is 0 Å². The van der Waals surface area contributed by atoms with Crippen molar-refractivity contribution in [1.82, 2.24) is 9.13 Å². The molecule has 0 spiro atoms. The molecule has 3 nitrogen and oxygen atoms in total. The average molecular weight is 426 g/mol. The molecule has 4 aromatic carbocycles. The minimum absolute atomic E-state index is 0.780. The summed E-state index contributed by atoms with van der Waals surface area (Å²) in [4.78, 5) is 3.77. The van der Waals surface area contributed by atoms with E-state index in [4.69, 9.17) is 0 Å². The molecule has 6 rings (SSSR count). The number of allylic oxidation sites excluding steroid dienone is 3. The van der Waals surface area contributed by atoms with E-state index in [1.165, 1.54) is 49.3 Å². The summed E-state index contributed by atoms with van der Waals surface area (Å²) in [5.41, 5.74) is 6.10. The van der Waals surface area contributed by atoms with Crippen molar-refractivity contribution in [3.8, 4) is 5.69 Å². The highest BCUT2D eigenvalue weighted by atomic mass is 15.0. The Morgan fingerprint density at radius 2 is 1.30 bits per heavy atom. The lowest BCUT2D eigenvalue weighted by Crippen LogP contribution is -1.96. The van der Waals surface area contributed by atoms with Crippen molar-refractivity contribution in [1.29, 1.82) is 0 Å². The molecule has 0 bridgehead atoms. The lowest BCUT2D eigenvalue weighted by atomic mass is 10.1. The smallest absolute Gasteiger partial charge is 0.0562 e. The fraction of sp³-hybridized carbons (Fsp3) is 0.0333. The van der Waals surface area contributed by atoms with Crippen molar-refractivity contribution in [3.05, 3.63) is 115 Å². The second kappa shape index (κ2) is 7.95. The zero-order valence-corrected chi connectivity index (χ0v) is 18.2. The van der Waals surface area contributed by atoms with Crippen LogP contribution in [0, 0.1) is 0 Å². The average Bonchev–Trinajstić information content (AvgIpc) is 3.35. The van der Waals surface area contributed by atoms with Gasteiger partial charge in [-0.3, -0.25) is 4.99 Å². The van der Waals surface area contributed by atoms with Crippen LogP contribution in [0.25, 0.3) is 49.3 Å². The number of aromatic nitrogens is 2. The number of nitrogens with zero attached hydrogens (tertiary/aromatic N) is 3. The summed E-state index contributed by atoms with van der Waals surface area (Å²) in [7, 11) is 0. The molecule has 0 N–H and O–H groups in total. The van der Waals surface area contributed by atoms with Crippen molar-refractivity contribution >= 4 is 50.3 Å². The van der Waals surface area contributed by atoms with Gasteiger partial charge in [-0.1, -0.05) is 66.7 Å². The number of rotatable bonds is 5. The molecule has 0 radical (unpaired) electrons. The minimum atomic E-state index is 0.780. The summed E-state index contributed by atoms with van der Waals surface area (Å²) in [6.45, 7) is 4.27. The van der Waals surface area contributed by atoms with E-state index >= 15 is 0 Å². The Hall–Kier alpha value is -4.37. The molecule has 158 valence electrons. The first kappa shape index (κ1) is 19.3. The third kappa shape index (κ3) is 3.09. The maximum absolute atomic E-state index is 3.77. The zero-order valence-electron chi connectivity index (χ0n) is 18.2. The van der Waals surface area contributed by atoms with Crippen LogP contribution in [0.1, 0.15) is 0 Å². The number of para-hydroxylation sites is 3. The van der Waals surface area contributed by atoms with Crippen LogP contribution in [0.4, 0.5) is 0 Å². The highest BCUT2D eigenvalue weighted by molar-refractivity contribution is 6.18. The van der Waals surface area contributed by atoms with Gasteiger partial charge in [-0.2, -0.15) is 0 Å². The molecule has 33 heavy (non-hydrogen) atoms. The molecular weight excluding hydrogens is 402 g/mol. The van der Waals surface area contributed by atoms with E-state index in [0.29, 0.717) is 0 Å². The van der Waals surface area contributed by atoms with E-state index in [1.54, 1.807) is 6.20 Å². The van der Waals surface area contributed by atoms with Gasteiger partial charge in [0.25, 0.3) is 0 Å². The molecule has 6 aromatic rings.